The fraction of sp³-hybridized carbons (Fsp3) is 0.731. The molecule has 0 radical (unpaired) electrons. The largest absolute Gasteiger partial charge is 0.544 e. The Hall–Kier alpha value is -1.29. The minimum atomic E-state index is -1.58. The third kappa shape index (κ3) is 4.22. The molecule has 0 N–H and O–H groups in total. The molecular weight excluding hydrogens is 388 g/mol. The molecule has 166 valence electrons. The van der Waals surface area contributed by atoms with Crippen LogP contribution in [0.25, 0.3) is 0 Å². The fourth-order valence-corrected chi connectivity index (χ4v) is 7.49. The summed E-state index contributed by atoms with van der Waals surface area (Å²) in [6.45, 7) is 11.3. The maximum atomic E-state index is 12.3. The van der Waals surface area contributed by atoms with Crippen LogP contribution in [0.3, 0.4) is 0 Å². The van der Waals surface area contributed by atoms with E-state index in [1.54, 1.807) is 5.56 Å². The summed E-state index contributed by atoms with van der Waals surface area (Å²) in [6, 6.07) is 6.90. The second-order valence-electron chi connectivity index (χ2n) is 11.2. The number of carbonyl (C=O) groups excluding carboxylic acids is 1. The van der Waals surface area contributed by atoms with E-state index >= 15 is 0 Å². The number of aryl methyl sites for hydroxylation is 1. The minimum absolute atomic E-state index is 0.0229. The van der Waals surface area contributed by atoms with Crippen molar-refractivity contribution in [1.29, 1.82) is 0 Å². The highest BCUT2D eigenvalue weighted by Gasteiger charge is 2.56. The van der Waals surface area contributed by atoms with Gasteiger partial charge in [0, 0.05) is 11.8 Å². The molecule has 2 fully saturated rings. The Bertz CT molecular complexity index is 783. The number of unbranched alkanes of at least 4 members (excludes halogenated alkanes) is 1. The molecule has 1 aromatic rings. The Morgan fingerprint density at radius 1 is 1.17 bits per heavy atom. The van der Waals surface area contributed by atoms with Gasteiger partial charge in [-0.2, -0.15) is 0 Å². The van der Waals surface area contributed by atoms with E-state index in [-0.39, 0.29) is 17.5 Å². The van der Waals surface area contributed by atoms with E-state index in [2.05, 4.69) is 51.7 Å². The third-order valence-corrected chi connectivity index (χ3v) is 8.89. The van der Waals surface area contributed by atoms with Crippen LogP contribution in [0.5, 0.6) is 5.75 Å². The van der Waals surface area contributed by atoms with Gasteiger partial charge in [0.15, 0.2) is 0 Å². The second kappa shape index (κ2) is 8.33. The zero-order valence-corrected chi connectivity index (χ0v) is 20.6. The van der Waals surface area contributed by atoms with Gasteiger partial charge in [0.2, 0.25) is 8.32 Å². The predicted octanol–water partition coefficient (Wildman–Crippen LogP) is 6.86. The van der Waals surface area contributed by atoms with Crippen molar-refractivity contribution in [3.63, 3.8) is 0 Å². The smallest absolute Gasteiger partial charge is 0.306 e. The number of carbonyl (C=O) groups is 1. The second-order valence-corrected chi connectivity index (χ2v) is 15.6. The lowest BCUT2D eigenvalue weighted by Gasteiger charge is -2.50. The lowest BCUT2D eigenvalue weighted by Crippen LogP contribution is -2.45. The van der Waals surface area contributed by atoms with Crippen molar-refractivity contribution in [1.82, 2.24) is 0 Å². The molecule has 0 aliphatic heterocycles. The number of fused-ring (bicyclic) bond motifs is 5. The monoisotopic (exact) mass is 428 g/mol. The summed E-state index contributed by atoms with van der Waals surface area (Å²) in [5.74, 6) is 3.18. The highest BCUT2D eigenvalue weighted by molar-refractivity contribution is 6.70. The third-order valence-electron chi connectivity index (χ3n) is 8.04. The van der Waals surface area contributed by atoms with Crippen LogP contribution < -0.4 is 4.43 Å². The fourth-order valence-electron chi connectivity index (χ4n) is 6.66. The standard InChI is InChI=1S/C26H40O3Si/c1-6-7-8-25(27)28-24-14-13-23-22-11-9-18-17-19(29-30(3,4)5)10-12-20(18)21(22)15-16-26(23,24)2/h10,12,17,21-24H,6-9,11,13-16H2,1-5H3. The number of ether oxygens (including phenoxy) is 1. The molecule has 0 saturated heterocycles. The summed E-state index contributed by atoms with van der Waals surface area (Å²) >= 11 is 0. The Balaban J connectivity index is 1.49. The molecule has 4 rings (SSSR count). The Labute approximate surface area is 184 Å². The van der Waals surface area contributed by atoms with Gasteiger partial charge in [-0.25, -0.2) is 0 Å². The zero-order chi connectivity index (χ0) is 21.5. The molecule has 3 aliphatic rings. The highest BCUT2D eigenvalue weighted by Crippen LogP contribution is 2.61. The summed E-state index contributed by atoms with van der Waals surface area (Å²) in [6.07, 6.45) is 9.80. The van der Waals surface area contributed by atoms with Crippen LogP contribution >= 0.6 is 0 Å². The number of benzene rings is 1. The van der Waals surface area contributed by atoms with Crippen LogP contribution in [0.1, 0.15) is 82.3 Å². The van der Waals surface area contributed by atoms with E-state index in [9.17, 15) is 4.79 Å². The van der Waals surface area contributed by atoms with Gasteiger partial charge in [0.1, 0.15) is 11.9 Å². The van der Waals surface area contributed by atoms with Crippen LogP contribution in [-0.4, -0.2) is 20.4 Å². The van der Waals surface area contributed by atoms with Gasteiger partial charge in [-0.15, -0.1) is 0 Å². The molecule has 1 aromatic carbocycles. The maximum Gasteiger partial charge on any atom is 0.306 e. The van der Waals surface area contributed by atoms with Crippen molar-refractivity contribution in [3.05, 3.63) is 29.3 Å². The molecule has 5 unspecified atom stereocenters. The Kier molecular flexibility index (Phi) is 6.09. The van der Waals surface area contributed by atoms with E-state index < -0.39 is 8.32 Å². The van der Waals surface area contributed by atoms with Crippen LogP contribution in [0.2, 0.25) is 19.6 Å². The van der Waals surface area contributed by atoms with Gasteiger partial charge in [0.05, 0.1) is 0 Å². The normalized spacial score (nSPS) is 32.7. The topological polar surface area (TPSA) is 35.5 Å². The first-order valence-electron chi connectivity index (χ1n) is 12.2. The molecule has 5 atom stereocenters. The average molecular weight is 429 g/mol. The minimum Gasteiger partial charge on any atom is -0.544 e. The zero-order valence-electron chi connectivity index (χ0n) is 19.6. The molecule has 3 nitrogen and oxygen atoms in total. The summed E-state index contributed by atoms with van der Waals surface area (Å²) in [4.78, 5) is 12.3. The van der Waals surface area contributed by atoms with E-state index in [1.807, 2.05) is 0 Å². The number of hydrogen-bond donors (Lipinski definition) is 0. The number of rotatable bonds is 6. The van der Waals surface area contributed by atoms with Crippen LogP contribution in [0, 0.1) is 17.3 Å². The first-order chi connectivity index (χ1) is 14.2. The first kappa shape index (κ1) is 21.9. The molecule has 0 spiro atoms. The number of hydrogen-bond acceptors (Lipinski definition) is 3. The Morgan fingerprint density at radius 3 is 2.70 bits per heavy atom. The molecule has 30 heavy (non-hydrogen) atoms. The van der Waals surface area contributed by atoms with Gasteiger partial charge >= 0.3 is 5.97 Å². The van der Waals surface area contributed by atoms with E-state index in [1.165, 1.54) is 31.2 Å². The Morgan fingerprint density at radius 2 is 1.97 bits per heavy atom. The summed E-state index contributed by atoms with van der Waals surface area (Å²) < 4.78 is 12.3. The van der Waals surface area contributed by atoms with Crippen molar-refractivity contribution < 1.29 is 14.0 Å². The molecule has 4 heteroatoms. The van der Waals surface area contributed by atoms with Gasteiger partial charge in [0.25, 0.3) is 0 Å². The van der Waals surface area contributed by atoms with Crippen molar-refractivity contribution in [2.75, 3.05) is 0 Å². The highest BCUT2D eigenvalue weighted by atomic mass is 28.4. The predicted molar refractivity (Wildman–Crippen MR) is 124 cm³/mol. The molecule has 0 heterocycles. The van der Waals surface area contributed by atoms with Gasteiger partial charge in [-0.3, -0.25) is 4.79 Å². The summed E-state index contributed by atoms with van der Waals surface area (Å²) in [5.41, 5.74) is 3.25. The molecule has 0 bridgehead atoms. The first-order valence-corrected chi connectivity index (χ1v) is 15.6. The number of esters is 1. The summed E-state index contributed by atoms with van der Waals surface area (Å²) in [5, 5.41) is 0. The molecule has 0 amide bonds. The van der Waals surface area contributed by atoms with E-state index in [0.717, 1.165) is 37.4 Å². The SMILES string of the molecule is CCCCC(=O)OC1CCC2C3CCc4cc(O[Si](C)(C)C)ccc4C3CCC12C. The van der Waals surface area contributed by atoms with Crippen LogP contribution in [0.4, 0.5) is 0 Å². The quantitative estimate of drug-likeness (QED) is 0.367. The van der Waals surface area contributed by atoms with Crippen molar-refractivity contribution in [3.8, 4) is 5.75 Å². The summed E-state index contributed by atoms with van der Waals surface area (Å²) in [7, 11) is -1.58. The van der Waals surface area contributed by atoms with Crippen molar-refractivity contribution >= 4 is 14.3 Å². The van der Waals surface area contributed by atoms with E-state index in [0.29, 0.717) is 18.3 Å². The van der Waals surface area contributed by atoms with Crippen molar-refractivity contribution in [2.45, 2.75) is 103 Å². The van der Waals surface area contributed by atoms with E-state index in [4.69, 9.17) is 9.16 Å². The van der Waals surface area contributed by atoms with Crippen molar-refractivity contribution in [2.24, 2.45) is 17.3 Å². The maximum absolute atomic E-state index is 12.3. The van der Waals surface area contributed by atoms with Crippen LogP contribution in [-0.2, 0) is 16.0 Å². The average Bonchev–Trinajstić information content (AvgIpc) is 3.01. The van der Waals surface area contributed by atoms with Gasteiger partial charge in [-0.1, -0.05) is 26.3 Å². The molecule has 2 saturated carbocycles. The molecule has 3 aliphatic carbocycles. The van der Waals surface area contributed by atoms with Gasteiger partial charge in [-0.05, 0) is 106 Å². The lowest BCUT2D eigenvalue weighted by atomic mass is 9.55. The van der Waals surface area contributed by atoms with Gasteiger partial charge < -0.3 is 9.16 Å². The van der Waals surface area contributed by atoms with Crippen LogP contribution in [0.15, 0.2) is 18.2 Å². The lowest BCUT2D eigenvalue weighted by molar-refractivity contribution is -0.157. The molecule has 0 aromatic heterocycles. The molecular formula is C26H40O3Si.